The number of hydrogen-bond acceptors (Lipinski definition) is 4. The summed E-state index contributed by atoms with van der Waals surface area (Å²) in [4.78, 5) is 6.78. The zero-order valence-corrected chi connectivity index (χ0v) is 18.7. The van der Waals surface area contributed by atoms with Gasteiger partial charge in [0, 0.05) is 31.1 Å². The molecule has 1 saturated heterocycles. The van der Waals surface area contributed by atoms with Gasteiger partial charge in [-0.3, -0.25) is 4.99 Å². The lowest BCUT2D eigenvalue weighted by atomic mass is 10.3. The van der Waals surface area contributed by atoms with Gasteiger partial charge in [0.25, 0.3) is 0 Å². The van der Waals surface area contributed by atoms with Crippen LogP contribution in [0.3, 0.4) is 0 Å². The van der Waals surface area contributed by atoms with Crippen molar-refractivity contribution in [1.82, 2.24) is 10.2 Å². The van der Waals surface area contributed by atoms with Crippen molar-refractivity contribution in [1.29, 1.82) is 0 Å². The molecule has 2 rings (SSSR count). The Bertz CT molecular complexity index is 545. The third-order valence-electron chi connectivity index (χ3n) is 4.05. The minimum absolute atomic E-state index is 0. The van der Waals surface area contributed by atoms with E-state index in [-0.39, 0.29) is 30.1 Å². The number of guanidine groups is 1. The molecule has 1 heterocycles. The predicted octanol–water partition coefficient (Wildman–Crippen LogP) is 3.48. The van der Waals surface area contributed by atoms with E-state index in [1.54, 1.807) is 7.11 Å². The molecule has 0 bridgehead atoms. The summed E-state index contributed by atoms with van der Waals surface area (Å²) in [6.07, 6.45) is 1.21. The van der Waals surface area contributed by atoms with E-state index in [2.05, 4.69) is 33.9 Å². The van der Waals surface area contributed by atoms with Gasteiger partial charge in [-0.15, -0.1) is 24.0 Å². The monoisotopic (exact) mass is 479 g/mol. The van der Waals surface area contributed by atoms with E-state index in [1.807, 2.05) is 38.2 Å². The van der Waals surface area contributed by atoms with E-state index in [9.17, 15) is 0 Å². The molecule has 1 aromatic carbocycles. The number of nitrogens with zero attached hydrogens (tertiary/aromatic N) is 2. The van der Waals surface area contributed by atoms with Gasteiger partial charge in [0.15, 0.2) is 17.5 Å². The fourth-order valence-corrected chi connectivity index (χ4v) is 3.88. The number of rotatable bonds is 6. The van der Waals surface area contributed by atoms with Crippen LogP contribution in [-0.4, -0.2) is 61.8 Å². The van der Waals surface area contributed by atoms with Gasteiger partial charge in [-0.2, -0.15) is 11.8 Å². The number of hydrogen-bond donors (Lipinski definition) is 1. The fraction of sp³-hybridized carbons (Fsp3) is 0.611. The van der Waals surface area contributed by atoms with Crippen molar-refractivity contribution in [2.75, 3.05) is 39.5 Å². The average Bonchev–Trinajstić information content (AvgIpc) is 2.63. The Morgan fingerprint density at radius 2 is 2.12 bits per heavy atom. The van der Waals surface area contributed by atoms with Crippen molar-refractivity contribution >= 4 is 41.7 Å². The maximum atomic E-state index is 6.00. The summed E-state index contributed by atoms with van der Waals surface area (Å²) in [5, 5.41) is 4.14. The highest BCUT2D eigenvalue weighted by atomic mass is 127. The maximum absolute atomic E-state index is 6.00. The fourth-order valence-electron chi connectivity index (χ4n) is 2.70. The largest absolute Gasteiger partial charge is 0.493 e. The van der Waals surface area contributed by atoms with E-state index in [0.29, 0.717) is 11.8 Å². The van der Waals surface area contributed by atoms with E-state index in [0.717, 1.165) is 36.3 Å². The summed E-state index contributed by atoms with van der Waals surface area (Å²) >= 11 is 2.06. The molecule has 0 amide bonds. The van der Waals surface area contributed by atoms with Crippen LogP contribution in [-0.2, 0) is 0 Å². The molecule has 142 valence electrons. The van der Waals surface area contributed by atoms with Gasteiger partial charge in [-0.1, -0.05) is 19.1 Å². The Labute approximate surface area is 173 Å². The third-order valence-corrected chi connectivity index (χ3v) is 5.42. The van der Waals surface area contributed by atoms with Gasteiger partial charge in [0.1, 0.15) is 6.10 Å². The molecule has 25 heavy (non-hydrogen) atoms. The molecule has 7 heteroatoms. The standard InChI is InChI=1S/C18H29N3O2S.HI/c1-5-15-13-21(10-11-24-15)18(19-3)20-12-14(2)23-17-9-7-6-8-16(17)22-4;/h6-9,14-15H,5,10-13H2,1-4H3,(H,19,20);1H. The Kier molecular flexibility index (Phi) is 10.4. The molecular formula is C18H30IN3O2S. The number of benzene rings is 1. The first-order valence-corrected chi connectivity index (χ1v) is 9.59. The third kappa shape index (κ3) is 6.77. The van der Waals surface area contributed by atoms with Gasteiger partial charge in [0.05, 0.1) is 13.7 Å². The second-order valence-electron chi connectivity index (χ2n) is 5.85. The van der Waals surface area contributed by atoms with Crippen LogP contribution in [0.2, 0.25) is 0 Å². The van der Waals surface area contributed by atoms with Gasteiger partial charge >= 0.3 is 0 Å². The minimum Gasteiger partial charge on any atom is -0.493 e. The Balaban J connectivity index is 0.00000312. The molecule has 0 radical (unpaired) electrons. The molecule has 1 aliphatic rings. The van der Waals surface area contributed by atoms with Crippen LogP contribution in [0.1, 0.15) is 20.3 Å². The molecule has 2 unspecified atom stereocenters. The second-order valence-corrected chi connectivity index (χ2v) is 7.26. The number of methoxy groups -OCH3 is 1. The van der Waals surface area contributed by atoms with Crippen molar-refractivity contribution in [3.63, 3.8) is 0 Å². The highest BCUT2D eigenvalue weighted by Crippen LogP contribution is 2.26. The molecule has 5 nitrogen and oxygen atoms in total. The summed E-state index contributed by atoms with van der Waals surface area (Å²) in [6.45, 7) is 7.10. The number of aliphatic imine (C=N–C) groups is 1. The number of para-hydroxylation sites is 2. The highest BCUT2D eigenvalue weighted by Gasteiger charge is 2.21. The quantitative estimate of drug-likeness (QED) is 0.385. The lowest BCUT2D eigenvalue weighted by Crippen LogP contribution is -2.49. The van der Waals surface area contributed by atoms with Crippen molar-refractivity contribution < 1.29 is 9.47 Å². The summed E-state index contributed by atoms with van der Waals surface area (Å²) < 4.78 is 11.3. The number of halogens is 1. The number of thioether (sulfide) groups is 1. The van der Waals surface area contributed by atoms with Gasteiger partial charge in [0.2, 0.25) is 0 Å². The number of ether oxygens (including phenoxy) is 2. The van der Waals surface area contributed by atoms with Crippen molar-refractivity contribution in [2.24, 2.45) is 4.99 Å². The summed E-state index contributed by atoms with van der Waals surface area (Å²) in [5.74, 6) is 3.65. The van der Waals surface area contributed by atoms with E-state index < -0.39 is 0 Å². The maximum Gasteiger partial charge on any atom is 0.193 e. The molecule has 1 aliphatic heterocycles. The van der Waals surface area contributed by atoms with E-state index in [1.165, 1.54) is 6.42 Å². The summed E-state index contributed by atoms with van der Waals surface area (Å²) in [6, 6.07) is 7.73. The first-order chi connectivity index (χ1) is 11.7. The van der Waals surface area contributed by atoms with Gasteiger partial charge in [-0.05, 0) is 25.5 Å². The molecule has 1 aromatic rings. The summed E-state index contributed by atoms with van der Waals surface area (Å²) in [5.41, 5.74) is 0. The minimum atomic E-state index is 0. The zero-order valence-electron chi connectivity index (χ0n) is 15.5. The second kappa shape index (κ2) is 11.7. The van der Waals surface area contributed by atoms with Crippen LogP contribution in [0, 0.1) is 0 Å². The van der Waals surface area contributed by atoms with Crippen LogP contribution < -0.4 is 14.8 Å². The SMILES string of the molecule is CCC1CN(C(=NC)NCC(C)Oc2ccccc2OC)CCS1.I. The Hall–Kier alpha value is -0.830. The van der Waals surface area contributed by atoms with Crippen LogP contribution in [0.4, 0.5) is 0 Å². The predicted molar refractivity (Wildman–Crippen MR) is 118 cm³/mol. The molecule has 0 aromatic heterocycles. The van der Waals surface area contributed by atoms with Crippen molar-refractivity contribution in [3.8, 4) is 11.5 Å². The molecule has 2 atom stereocenters. The molecule has 0 spiro atoms. The normalized spacial score (nSPS) is 19.0. The Morgan fingerprint density at radius 1 is 1.40 bits per heavy atom. The zero-order chi connectivity index (χ0) is 17.4. The number of nitrogens with one attached hydrogen (secondary N) is 1. The smallest absolute Gasteiger partial charge is 0.193 e. The topological polar surface area (TPSA) is 46.1 Å². The van der Waals surface area contributed by atoms with Crippen molar-refractivity contribution in [2.45, 2.75) is 31.6 Å². The molecular weight excluding hydrogens is 449 g/mol. The van der Waals surface area contributed by atoms with Gasteiger partial charge in [-0.25, -0.2) is 0 Å². The lowest BCUT2D eigenvalue weighted by molar-refractivity contribution is 0.212. The van der Waals surface area contributed by atoms with Gasteiger partial charge < -0.3 is 19.7 Å². The lowest BCUT2D eigenvalue weighted by Gasteiger charge is -2.34. The molecule has 0 aliphatic carbocycles. The molecule has 0 saturated carbocycles. The molecule has 1 fully saturated rings. The van der Waals surface area contributed by atoms with E-state index >= 15 is 0 Å². The van der Waals surface area contributed by atoms with Crippen molar-refractivity contribution in [3.05, 3.63) is 24.3 Å². The van der Waals surface area contributed by atoms with Crippen LogP contribution >= 0.6 is 35.7 Å². The molecule has 1 N–H and O–H groups in total. The first-order valence-electron chi connectivity index (χ1n) is 8.54. The average molecular weight is 479 g/mol. The summed E-state index contributed by atoms with van der Waals surface area (Å²) in [7, 11) is 3.50. The Morgan fingerprint density at radius 3 is 2.76 bits per heavy atom. The first kappa shape index (κ1) is 22.2. The highest BCUT2D eigenvalue weighted by molar-refractivity contribution is 14.0. The van der Waals surface area contributed by atoms with Crippen LogP contribution in [0.5, 0.6) is 11.5 Å². The van der Waals surface area contributed by atoms with Crippen LogP contribution in [0.25, 0.3) is 0 Å². The van der Waals surface area contributed by atoms with E-state index in [4.69, 9.17) is 9.47 Å². The van der Waals surface area contributed by atoms with Crippen LogP contribution in [0.15, 0.2) is 29.3 Å².